The fourth-order valence-electron chi connectivity index (χ4n) is 2.94. The van der Waals surface area contributed by atoms with Crippen LogP contribution in [0.5, 0.6) is 0 Å². The van der Waals surface area contributed by atoms with Gasteiger partial charge in [0.1, 0.15) is 48.8 Å². The van der Waals surface area contributed by atoms with Crippen LogP contribution in [0.4, 0.5) is 0 Å². The van der Waals surface area contributed by atoms with Gasteiger partial charge in [-0.3, -0.25) is 4.79 Å². The van der Waals surface area contributed by atoms with E-state index in [9.17, 15) is 45.6 Å². The van der Waals surface area contributed by atoms with Crippen molar-refractivity contribution >= 4 is 5.78 Å². The number of aliphatic hydroxyl groups excluding tert-OH is 8. The van der Waals surface area contributed by atoms with Gasteiger partial charge in [0.25, 0.3) is 17.4 Å². The first kappa shape index (κ1) is 21.5. The number of Topliss-reactive ketones (excluding diaryl/α,β-unsaturated/α-hetero) is 1. The molecule has 2 unspecified atom stereocenters. The molecule has 2 aliphatic heterocycles. The molecule has 2 heterocycles. The van der Waals surface area contributed by atoms with Gasteiger partial charge in [0, 0.05) is 0 Å². The van der Waals surface area contributed by atoms with Crippen LogP contribution in [0, 0.1) is 0 Å². The third-order valence-corrected chi connectivity index (χ3v) is 4.58. The maximum atomic E-state index is 12.6. The third kappa shape index (κ3) is 3.05. The van der Waals surface area contributed by atoms with Gasteiger partial charge in [0.15, 0.2) is 0 Å². The zero-order valence-corrected chi connectivity index (χ0v) is 13.2. The Balaban J connectivity index is 2.41. The number of carbonyl (C=O) groups excluding carboxylic acids is 1. The highest BCUT2D eigenvalue weighted by Crippen LogP contribution is 2.37. The van der Waals surface area contributed by atoms with Gasteiger partial charge in [-0.1, -0.05) is 0 Å². The molecule has 0 saturated carbocycles. The summed E-state index contributed by atoms with van der Waals surface area (Å²) in [5, 5.41) is 97.6. The van der Waals surface area contributed by atoms with Crippen molar-refractivity contribution in [2.75, 3.05) is 13.2 Å². The van der Waals surface area contributed by atoms with Crippen LogP contribution in [0.15, 0.2) is 0 Å². The largest absolute Gasteiger partial charge is 0.394 e. The van der Waals surface area contributed by atoms with Gasteiger partial charge in [0.2, 0.25) is 0 Å². The Labute approximate surface area is 145 Å². The second-order valence-electron chi connectivity index (χ2n) is 6.25. The number of hydrogen-bond acceptors (Lipinski definition) is 13. The van der Waals surface area contributed by atoms with Crippen LogP contribution in [0.25, 0.3) is 0 Å². The molecule has 0 bridgehead atoms. The number of hydrogen-bond donors (Lipinski definition) is 10. The van der Waals surface area contributed by atoms with Crippen LogP contribution >= 0.6 is 0 Å². The Morgan fingerprint density at radius 3 is 1.27 bits per heavy atom. The van der Waals surface area contributed by atoms with Crippen molar-refractivity contribution in [2.24, 2.45) is 0 Å². The molecule has 152 valence electrons. The Morgan fingerprint density at radius 1 is 0.692 bits per heavy atom. The third-order valence-electron chi connectivity index (χ3n) is 4.58. The van der Waals surface area contributed by atoms with Crippen LogP contribution in [0.2, 0.25) is 0 Å². The van der Waals surface area contributed by atoms with Gasteiger partial charge in [-0.2, -0.15) is 0 Å². The topological polar surface area (TPSA) is 238 Å². The number of ketones is 1. The Morgan fingerprint density at radius 2 is 1.00 bits per heavy atom. The van der Waals surface area contributed by atoms with Crippen molar-refractivity contribution in [3.63, 3.8) is 0 Å². The maximum Gasteiger partial charge on any atom is 0.262 e. The van der Waals surface area contributed by atoms with Crippen molar-refractivity contribution in [3.05, 3.63) is 0 Å². The smallest absolute Gasteiger partial charge is 0.262 e. The molecule has 10 N–H and O–H groups in total. The summed E-state index contributed by atoms with van der Waals surface area (Å²) in [5.41, 5.74) is 0. The van der Waals surface area contributed by atoms with E-state index < -0.39 is 79.4 Å². The molecule has 0 aliphatic carbocycles. The highest BCUT2D eigenvalue weighted by atomic mass is 16.7. The lowest BCUT2D eigenvalue weighted by molar-refractivity contribution is -0.368. The lowest BCUT2D eigenvalue weighted by atomic mass is 9.82. The second-order valence-corrected chi connectivity index (χ2v) is 6.25. The molecular weight excluding hydrogens is 364 g/mol. The second kappa shape index (κ2) is 7.31. The molecule has 13 heteroatoms. The number of rotatable bonds is 4. The van der Waals surface area contributed by atoms with Gasteiger partial charge in [-0.15, -0.1) is 0 Å². The first-order chi connectivity index (χ1) is 12.0. The Bertz CT molecular complexity index is 482. The molecule has 2 fully saturated rings. The van der Waals surface area contributed by atoms with Gasteiger partial charge in [0.05, 0.1) is 13.2 Å². The maximum absolute atomic E-state index is 12.6. The highest BCUT2D eigenvalue weighted by Gasteiger charge is 2.67. The average molecular weight is 386 g/mol. The van der Waals surface area contributed by atoms with E-state index in [0.29, 0.717) is 0 Å². The quantitative estimate of drug-likeness (QED) is 0.216. The van der Waals surface area contributed by atoms with E-state index in [1.165, 1.54) is 0 Å². The lowest BCUT2D eigenvalue weighted by Crippen LogP contribution is -2.76. The van der Waals surface area contributed by atoms with Crippen LogP contribution in [0.3, 0.4) is 0 Å². The molecule has 13 nitrogen and oxygen atoms in total. The van der Waals surface area contributed by atoms with Gasteiger partial charge < -0.3 is 60.5 Å². The molecule has 0 radical (unpaired) electrons. The molecule has 0 aromatic heterocycles. The molecule has 2 rings (SSSR count). The summed E-state index contributed by atoms with van der Waals surface area (Å²) in [6.45, 7) is -2.02. The predicted molar refractivity (Wildman–Crippen MR) is 74.9 cm³/mol. The fourth-order valence-corrected chi connectivity index (χ4v) is 2.94. The summed E-state index contributed by atoms with van der Waals surface area (Å²) in [6, 6.07) is 0. The number of aliphatic hydroxyl groups is 10. The van der Waals surface area contributed by atoms with Gasteiger partial charge in [-0.05, 0) is 0 Å². The predicted octanol–water partition coefficient (Wildman–Crippen LogP) is -7.12. The minimum Gasteiger partial charge on any atom is -0.394 e. The van der Waals surface area contributed by atoms with Crippen LogP contribution in [-0.4, -0.2) is 130 Å². The van der Waals surface area contributed by atoms with E-state index in [-0.39, 0.29) is 0 Å². The zero-order valence-electron chi connectivity index (χ0n) is 13.2. The van der Waals surface area contributed by atoms with E-state index in [0.717, 1.165) is 0 Å². The summed E-state index contributed by atoms with van der Waals surface area (Å²) in [4.78, 5) is 12.6. The first-order valence-corrected chi connectivity index (χ1v) is 7.61. The molecule has 10 atom stereocenters. The van der Waals surface area contributed by atoms with Gasteiger partial charge in [-0.25, -0.2) is 0 Å². The van der Waals surface area contributed by atoms with Crippen LogP contribution in [0.1, 0.15) is 0 Å². The SMILES string of the molecule is O=C(C1(O)O[C@H](CO)[C@@H](O)[C@H](O)[C@H]1O)C1(O)O[C@@H](CO)[C@H](O)[C@@H](O)[C@@H]1O. The van der Waals surface area contributed by atoms with Crippen molar-refractivity contribution in [1.29, 1.82) is 0 Å². The lowest BCUT2D eigenvalue weighted by Gasteiger charge is -2.50. The van der Waals surface area contributed by atoms with Crippen molar-refractivity contribution in [3.8, 4) is 0 Å². The zero-order chi connectivity index (χ0) is 20.0. The average Bonchev–Trinajstić information content (AvgIpc) is 2.63. The van der Waals surface area contributed by atoms with Crippen molar-refractivity contribution in [1.82, 2.24) is 0 Å². The van der Waals surface area contributed by atoms with Crippen LogP contribution < -0.4 is 0 Å². The Kier molecular flexibility index (Phi) is 6.04. The summed E-state index contributed by atoms with van der Waals surface area (Å²) < 4.78 is 9.43. The monoisotopic (exact) mass is 386 g/mol. The molecule has 0 aromatic carbocycles. The molecule has 2 aliphatic rings. The summed E-state index contributed by atoms with van der Waals surface area (Å²) in [7, 11) is 0. The van der Waals surface area contributed by atoms with Gasteiger partial charge >= 0.3 is 0 Å². The fraction of sp³-hybridized carbons (Fsp3) is 0.923. The Hall–Kier alpha value is -0.810. The summed E-state index contributed by atoms with van der Waals surface area (Å²) >= 11 is 0. The highest BCUT2D eigenvalue weighted by molar-refractivity contribution is 5.93. The minimum atomic E-state index is -3.48. The van der Waals surface area contributed by atoms with Crippen LogP contribution in [-0.2, 0) is 14.3 Å². The molecule has 0 aromatic rings. The molecule has 0 amide bonds. The summed E-state index contributed by atoms with van der Waals surface area (Å²) in [5.74, 6) is -8.97. The number of carbonyl (C=O) groups is 1. The van der Waals surface area contributed by atoms with E-state index in [2.05, 4.69) is 0 Å². The van der Waals surface area contributed by atoms with E-state index in [1.54, 1.807) is 0 Å². The number of ether oxygens (including phenoxy) is 2. The molecule has 26 heavy (non-hydrogen) atoms. The van der Waals surface area contributed by atoms with E-state index >= 15 is 0 Å². The van der Waals surface area contributed by atoms with E-state index in [4.69, 9.17) is 19.7 Å². The molecular formula is C13H22O13. The van der Waals surface area contributed by atoms with Crippen molar-refractivity contribution in [2.45, 2.75) is 60.4 Å². The van der Waals surface area contributed by atoms with Crippen molar-refractivity contribution < 1.29 is 65.3 Å². The first-order valence-electron chi connectivity index (χ1n) is 7.61. The molecule has 0 spiro atoms. The standard InChI is InChI=1S/C13H22O13/c14-1-3-5(16)7(18)9(20)12(23,25-3)11(22)13(24)10(21)8(19)6(17)4(2-15)26-13/h3-10,14-21,23-24H,1-2H2/t3-,4+,5-,6+,7+,8-,9-,10+,12?,13?. The normalized spacial score (nSPS) is 52.7. The minimum absolute atomic E-state index is 1.01. The molecule has 2 saturated heterocycles. The summed E-state index contributed by atoms with van der Waals surface area (Å²) in [6.07, 6.45) is -16.9. The van der Waals surface area contributed by atoms with E-state index in [1.807, 2.05) is 0 Å².